The summed E-state index contributed by atoms with van der Waals surface area (Å²) in [5, 5.41) is 4.13. The summed E-state index contributed by atoms with van der Waals surface area (Å²) in [6.07, 6.45) is 3.76. The zero-order chi connectivity index (χ0) is 13.5. The molecule has 0 radical (unpaired) electrons. The van der Waals surface area contributed by atoms with E-state index in [9.17, 15) is 0 Å². The monoisotopic (exact) mass is 282 g/mol. The predicted octanol–water partition coefficient (Wildman–Crippen LogP) is 2.79. The van der Waals surface area contributed by atoms with Gasteiger partial charge in [-0.1, -0.05) is 23.7 Å². The van der Waals surface area contributed by atoms with E-state index in [-0.39, 0.29) is 0 Å². The van der Waals surface area contributed by atoms with Gasteiger partial charge in [-0.15, -0.1) is 0 Å². The van der Waals surface area contributed by atoms with Crippen LogP contribution >= 0.6 is 11.6 Å². The number of halogens is 1. The number of hydrogen-bond acceptors (Lipinski definition) is 3. The maximum atomic E-state index is 6.06. The molecule has 1 aromatic carbocycles. The van der Waals surface area contributed by atoms with Crippen LogP contribution in [0.4, 0.5) is 0 Å². The summed E-state index contributed by atoms with van der Waals surface area (Å²) in [6.45, 7) is 3.90. The molecule has 1 aliphatic heterocycles. The summed E-state index contributed by atoms with van der Waals surface area (Å²) >= 11 is 6.06. The normalized spacial score (nSPS) is 20.3. The number of hydrogen-bond donors (Lipinski definition) is 1. The maximum Gasteiger partial charge on any atom is 0.137 e. The van der Waals surface area contributed by atoms with E-state index in [0.717, 1.165) is 25.4 Å². The van der Waals surface area contributed by atoms with Crippen molar-refractivity contribution < 1.29 is 4.74 Å². The molecule has 19 heavy (non-hydrogen) atoms. The third-order valence-corrected chi connectivity index (χ3v) is 4.02. The van der Waals surface area contributed by atoms with Crippen LogP contribution in [0.2, 0.25) is 5.02 Å². The van der Waals surface area contributed by atoms with Gasteiger partial charge in [-0.25, -0.2) is 0 Å². The molecule has 106 valence electrons. The highest BCUT2D eigenvalue weighted by atomic mass is 35.5. The minimum atomic E-state index is 0.671. The zero-order valence-electron chi connectivity index (χ0n) is 11.6. The minimum Gasteiger partial charge on any atom is -0.491 e. The predicted molar refractivity (Wildman–Crippen MR) is 80.1 cm³/mol. The van der Waals surface area contributed by atoms with Gasteiger partial charge in [-0.2, -0.15) is 0 Å². The summed E-state index contributed by atoms with van der Waals surface area (Å²) in [5.74, 6) is 0.778. The first-order valence-corrected chi connectivity index (χ1v) is 7.43. The molecular formula is C15H23ClN2O. The number of para-hydroxylation sites is 1. The maximum absolute atomic E-state index is 6.06. The van der Waals surface area contributed by atoms with E-state index in [1.807, 2.05) is 24.3 Å². The average molecular weight is 283 g/mol. The first-order valence-electron chi connectivity index (χ1n) is 7.05. The van der Waals surface area contributed by atoms with E-state index in [1.165, 1.54) is 19.3 Å². The van der Waals surface area contributed by atoms with Crippen molar-refractivity contribution in [2.75, 3.05) is 33.3 Å². The summed E-state index contributed by atoms with van der Waals surface area (Å²) < 4.78 is 5.74. The molecule has 1 saturated heterocycles. The first-order chi connectivity index (χ1) is 9.27. The van der Waals surface area contributed by atoms with Gasteiger partial charge < -0.3 is 10.1 Å². The van der Waals surface area contributed by atoms with Gasteiger partial charge in [-0.3, -0.25) is 4.90 Å². The highest BCUT2D eigenvalue weighted by Crippen LogP contribution is 2.23. The van der Waals surface area contributed by atoms with Crippen molar-refractivity contribution in [1.29, 1.82) is 0 Å². The van der Waals surface area contributed by atoms with E-state index < -0.39 is 0 Å². The molecule has 3 nitrogen and oxygen atoms in total. The SMILES string of the molecule is CN(CCOc1ccccc1Cl)C1CCCNCC1. The molecular weight excluding hydrogens is 260 g/mol. The standard InChI is InChI=1S/C15H23ClN2O/c1-18(13-5-4-9-17-10-8-13)11-12-19-15-7-3-2-6-14(15)16/h2-3,6-7,13,17H,4-5,8-12H2,1H3. The molecule has 1 unspecified atom stereocenters. The first kappa shape index (κ1) is 14.6. The second kappa shape index (κ2) is 7.73. The van der Waals surface area contributed by atoms with Gasteiger partial charge in [0.25, 0.3) is 0 Å². The molecule has 0 saturated carbocycles. The summed E-state index contributed by atoms with van der Waals surface area (Å²) in [7, 11) is 2.19. The van der Waals surface area contributed by atoms with Crippen molar-refractivity contribution in [1.82, 2.24) is 10.2 Å². The molecule has 1 aliphatic rings. The third-order valence-electron chi connectivity index (χ3n) is 3.71. The van der Waals surface area contributed by atoms with Crippen LogP contribution in [0.5, 0.6) is 5.75 Å². The zero-order valence-corrected chi connectivity index (χ0v) is 12.3. The van der Waals surface area contributed by atoms with Crippen LogP contribution in [0, 0.1) is 0 Å². The Morgan fingerprint density at radius 1 is 1.32 bits per heavy atom. The lowest BCUT2D eigenvalue weighted by Gasteiger charge is -2.26. The smallest absolute Gasteiger partial charge is 0.137 e. The van der Waals surface area contributed by atoms with Crippen LogP contribution in [-0.4, -0.2) is 44.2 Å². The third kappa shape index (κ3) is 4.68. The molecule has 0 aliphatic carbocycles. The average Bonchev–Trinajstić information content (AvgIpc) is 2.70. The second-order valence-corrected chi connectivity index (χ2v) is 5.50. The van der Waals surface area contributed by atoms with Gasteiger partial charge in [0.15, 0.2) is 0 Å². The fourth-order valence-corrected chi connectivity index (χ4v) is 2.68. The Balaban J connectivity index is 1.74. The van der Waals surface area contributed by atoms with Crippen LogP contribution in [0.25, 0.3) is 0 Å². The molecule has 1 aromatic rings. The van der Waals surface area contributed by atoms with E-state index in [1.54, 1.807) is 0 Å². The Bertz CT molecular complexity index is 378. The van der Waals surface area contributed by atoms with E-state index in [4.69, 9.17) is 16.3 Å². The lowest BCUT2D eigenvalue weighted by molar-refractivity contribution is 0.180. The Morgan fingerprint density at radius 3 is 3.00 bits per heavy atom. The Kier molecular flexibility index (Phi) is 5.95. The molecule has 1 N–H and O–H groups in total. The number of likely N-dealkylation sites (N-methyl/N-ethyl adjacent to an activating group) is 1. The molecule has 0 bridgehead atoms. The summed E-state index contributed by atoms with van der Waals surface area (Å²) in [5.41, 5.74) is 0. The van der Waals surface area contributed by atoms with Crippen LogP contribution in [-0.2, 0) is 0 Å². The molecule has 0 spiro atoms. The van der Waals surface area contributed by atoms with Crippen molar-refractivity contribution in [2.45, 2.75) is 25.3 Å². The van der Waals surface area contributed by atoms with Crippen LogP contribution < -0.4 is 10.1 Å². The minimum absolute atomic E-state index is 0.671. The number of benzene rings is 1. The quantitative estimate of drug-likeness (QED) is 0.899. The van der Waals surface area contributed by atoms with Crippen molar-refractivity contribution in [3.63, 3.8) is 0 Å². The Hall–Kier alpha value is -0.770. The van der Waals surface area contributed by atoms with Gasteiger partial charge >= 0.3 is 0 Å². The summed E-state index contributed by atoms with van der Waals surface area (Å²) in [4.78, 5) is 2.41. The molecule has 1 fully saturated rings. The topological polar surface area (TPSA) is 24.5 Å². The molecule has 1 heterocycles. The van der Waals surface area contributed by atoms with Crippen molar-refractivity contribution in [3.05, 3.63) is 29.3 Å². The van der Waals surface area contributed by atoms with Crippen molar-refractivity contribution >= 4 is 11.6 Å². The number of rotatable bonds is 5. The highest BCUT2D eigenvalue weighted by molar-refractivity contribution is 6.32. The van der Waals surface area contributed by atoms with Gasteiger partial charge in [0.2, 0.25) is 0 Å². The molecule has 2 rings (SSSR count). The summed E-state index contributed by atoms with van der Waals surface area (Å²) in [6, 6.07) is 8.31. The van der Waals surface area contributed by atoms with Crippen molar-refractivity contribution in [2.24, 2.45) is 0 Å². The van der Waals surface area contributed by atoms with Crippen LogP contribution in [0.3, 0.4) is 0 Å². The Labute approximate surface area is 120 Å². The molecule has 0 aromatic heterocycles. The van der Waals surface area contributed by atoms with E-state index in [2.05, 4.69) is 17.3 Å². The number of ether oxygens (including phenoxy) is 1. The van der Waals surface area contributed by atoms with Gasteiger partial charge in [0.05, 0.1) is 5.02 Å². The van der Waals surface area contributed by atoms with Gasteiger partial charge in [-0.05, 0) is 51.5 Å². The lowest BCUT2D eigenvalue weighted by atomic mass is 10.1. The van der Waals surface area contributed by atoms with Gasteiger partial charge in [0, 0.05) is 12.6 Å². The molecule has 0 amide bonds. The van der Waals surface area contributed by atoms with E-state index >= 15 is 0 Å². The highest BCUT2D eigenvalue weighted by Gasteiger charge is 2.16. The van der Waals surface area contributed by atoms with Crippen LogP contribution in [0.1, 0.15) is 19.3 Å². The Morgan fingerprint density at radius 2 is 2.16 bits per heavy atom. The fourth-order valence-electron chi connectivity index (χ4n) is 2.49. The lowest BCUT2D eigenvalue weighted by Crippen LogP contribution is -2.35. The van der Waals surface area contributed by atoms with Gasteiger partial charge in [0.1, 0.15) is 12.4 Å². The second-order valence-electron chi connectivity index (χ2n) is 5.09. The van der Waals surface area contributed by atoms with E-state index in [0.29, 0.717) is 17.7 Å². The molecule has 1 atom stereocenters. The largest absolute Gasteiger partial charge is 0.491 e. The molecule has 4 heteroatoms. The number of nitrogens with zero attached hydrogens (tertiary/aromatic N) is 1. The number of nitrogens with one attached hydrogen (secondary N) is 1. The van der Waals surface area contributed by atoms with Crippen molar-refractivity contribution in [3.8, 4) is 5.75 Å². The van der Waals surface area contributed by atoms with Crippen LogP contribution in [0.15, 0.2) is 24.3 Å². The fraction of sp³-hybridized carbons (Fsp3) is 0.600.